The van der Waals surface area contributed by atoms with Gasteiger partial charge in [-0.2, -0.15) is 0 Å². The molecule has 0 unspecified atom stereocenters. The zero-order valence-electron chi connectivity index (χ0n) is 6.47. The number of hydrogen-bond donors (Lipinski definition) is 1. The van der Waals surface area contributed by atoms with Crippen LogP contribution >= 0.6 is 0 Å². The van der Waals surface area contributed by atoms with Gasteiger partial charge in [-0.05, 0) is 6.07 Å². The molecule has 2 N–H and O–H groups in total. The van der Waals surface area contributed by atoms with E-state index >= 15 is 0 Å². The van der Waals surface area contributed by atoms with E-state index in [9.17, 15) is 12.9 Å². The Kier molecular flexibility index (Phi) is 4.78. The monoisotopic (exact) mass is 200 g/mol. The third-order valence-electron chi connectivity index (χ3n) is 1.18. The predicted octanol–water partition coefficient (Wildman–Crippen LogP) is -2.28. The Morgan fingerprint density at radius 3 is 2.25 bits per heavy atom. The van der Waals surface area contributed by atoms with Gasteiger partial charge in [0.2, 0.25) is 0 Å². The van der Waals surface area contributed by atoms with Crippen LogP contribution in [0.2, 0.25) is 0 Å². The molecule has 0 radical (unpaired) electrons. The maximum Gasteiger partial charge on any atom is 1.00 e. The van der Waals surface area contributed by atoms with Gasteiger partial charge in [-0.1, -0.05) is 6.07 Å². The van der Waals surface area contributed by atoms with E-state index in [0.717, 1.165) is 18.3 Å². The van der Waals surface area contributed by atoms with Crippen LogP contribution in [0, 0.1) is 0 Å². The molecule has 0 aliphatic carbocycles. The largest absolute Gasteiger partial charge is 1.00 e. The van der Waals surface area contributed by atoms with Gasteiger partial charge in [0.1, 0.15) is 5.82 Å². The first-order valence-electron chi connectivity index (χ1n) is 2.91. The predicted molar refractivity (Wildman–Crippen MR) is 37.4 cm³/mol. The molecule has 2 nitrogen and oxygen atoms in total. The third kappa shape index (κ3) is 3.44. The number of rotatable bonds is 1. The number of aromatic nitrogens is 1. The first-order valence-corrected chi connectivity index (χ1v) is 2.91. The molecule has 12 heavy (non-hydrogen) atoms. The number of pyridine rings is 1. The molecule has 0 spiro atoms. The third-order valence-corrected chi connectivity index (χ3v) is 1.18. The number of nitrogens with two attached hydrogens (primary N) is 1. The summed E-state index contributed by atoms with van der Waals surface area (Å²) in [5.41, 5.74) is 4.34. The second-order valence-corrected chi connectivity index (χ2v) is 2.09. The van der Waals surface area contributed by atoms with Crippen LogP contribution < -0.4 is 62.6 Å². The van der Waals surface area contributed by atoms with Crippen molar-refractivity contribution < 1.29 is 64.3 Å². The van der Waals surface area contributed by atoms with E-state index in [2.05, 4.69) is 4.98 Å². The van der Waals surface area contributed by atoms with E-state index in [0.29, 0.717) is 0 Å². The van der Waals surface area contributed by atoms with Gasteiger partial charge >= 0.3 is 58.4 Å². The number of anilines is 1. The fraction of sp³-hybridized carbons (Fsp3) is 0. The molecule has 0 aliphatic rings. The van der Waals surface area contributed by atoms with Crippen molar-refractivity contribution in [2.24, 2.45) is 0 Å². The molecule has 0 aliphatic heterocycles. The number of halogens is 3. The summed E-state index contributed by atoms with van der Waals surface area (Å²) in [6.45, 7) is -4.94. The minimum atomic E-state index is -4.94. The molecular formula is C5H5BF3KN2. The molecule has 0 aromatic carbocycles. The summed E-state index contributed by atoms with van der Waals surface area (Å²) in [6.07, 6.45) is 1.04. The Morgan fingerprint density at radius 2 is 1.92 bits per heavy atom. The summed E-state index contributed by atoms with van der Waals surface area (Å²) in [6, 6.07) is 1.72. The van der Waals surface area contributed by atoms with Gasteiger partial charge in [0, 0.05) is 6.20 Å². The second-order valence-electron chi connectivity index (χ2n) is 2.09. The first-order chi connectivity index (χ1) is 5.00. The molecule has 7 heteroatoms. The van der Waals surface area contributed by atoms with Crippen LogP contribution in [0.3, 0.4) is 0 Å². The van der Waals surface area contributed by atoms with Gasteiger partial charge in [0.05, 0.1) is 0 Å². The molecule has 0 amide bonds. The van der Waals surface area contributed by atoms with Crippen LogP contribution in [-0.2, 0) is 0 Å². The Bertz CT molecular complexity index is 265. The van der Waals surface area contributed by atoms with Crippen molar-refractivity contribution in [1.82, 2.24) is 4.98 Å². The van der Waals surface area contributed by atoms with Crippen LogP contribution in [0.1, 0.15) is 0 Å². The normalized spacial score (nSPS) is 10.6. The number of hydrogen-bond acceptors (Lipinski definition) is 2. The van der Waals surface area contributed by atoms with Crippen LogP contribution in [-0.4, -0.2) is 12.0 Å². The average Bonchev–Trinajstić information content (AvgIpc) is 1.86. The van der Waals surface area contributed by atoms with E-state index in [4.69, 9.17) is 5.73 Å². The maximum absolute atomic E-state index is 11.9. The van der Waals surface area contributed by atoms with E-state index in [-0.39, 0.29) is 57.2 Å². The van der Waals surface area contributed by atoms with Crippen molar-refractivity contribution in [3.05, 3.63) is 18.3 Å². The molecule has 1 rings (SSSR count). The quantitative estimate of drug-likeness (QED) is 0.519. The van der Waals surface area contributed by atoms with Crippen LogP contribution in [0.15, 0.2) is 18.3 Å². The van der Waals surface area contributed by atoms with Crippen molar-refractivity contribution in [2.45, 2.75) is 0 Å². The Balaban J connectivity index is 0.00000121. The Morgan fingerprint density at radius 1 is 1.33 bits per heavy atom. The molecule has 0 fully saturated rings. The molecule has 0 atom stereocenters. The zero-order valence-corrected chi connectivity index (χ0v) is 9.59. The maximum atomic E-state index is 11.9. The molecule has 0 saturated heterocycles. The smallest absolute Gasteiger partial charge is 0.445 e. The molecule has 1 heterocycles. The Hall–Kier alpha value is 0.441. The standard InChI is InChI=1S/C5H5BF3N2.K/c7-6(8,9)4-1-2-11-5(10)3-4;/h1-3H,(H2,10,11);/q-1;+1. The van der Waals surface area contributed by atoms with Crippen molar-refractivity contribution in [3.63, 3.8) is 0 Å². The fourth-order valence-electron chi connectivity index (χ4n) is 0.669. The minimum absolute atomic E-state index is 0. The minimum Gasteiger partial charge on any atom is -0.445 e. The van der Waals surface area contributed by atoms with Gasteiger partial charge in [0.25, 0.3) is 0 Å². The van der Waals surface area contributed by atoms with Crippen molar-refractivity contribution >= 4 is 18.3 Å². The van der Waals surface area contributed by atoms with Crippen molar-refractivity contribution in [1.29, 1.82) is 0 Å². The summed E-state index contributed by atoms with van der Waals surface area (Å²) < 4.78 is 35.8. The van der Waals surface area contributed by atoms with E-state index in [1.165, 1.54) is 0 Å². The van der Waals surface area contributed by atoms with Crippen LogP contribution in [0.4, 0.5) is 18.8 Å². The van der Waals surface area contributed by atoms with Gasteiger partial charge in [-0.3, -0.25) is 0 Å². The molecule has 0 bridgehead atoms. The number of nitrogen functional groups attached to an aromatic ring is 1. The molecular weight excluding hydrogens is 195 g/mol. The van der Waals surface area contributed by atoms with Gasteiger partial charge in [-0.25, -0.2) is 4.98 Å². The Labute approximate surface area is 110 Å². The second kappa shape index (κ2) is 4.61. The van der Waals surface area contributed by atoms with Gasteiger partial charge in [-0.15, -0.1) is 5.46 Å². The summed E-state index contributed by atoms with van der Waals surface area (Å²) in [4.78, 5) is 3.44. The summed E-state index contributed by atoms with van der Waals surface area (Å²) in [7, 11) is 0. The summed E-state index contributed by atoms with van der Waals surface area (Å²) >= 11 is 0. The van der Waals surface area contributed by atoms with Gasteiger partial charge in [0.15, 0.2) is 0 Å². The van der Waals surface area contributed by atoms with Crippen molar-refractivity contribution in [3.8, 4) is 0 Å². The SMILES string of the molecule is Nc1cc([B-](F)(F)F)ccn1.[K+]. The van der Waals surface area contributed by atoms with E-state index in [1.807, 2.05) is 0 Å². The fourth-order valence-corrected chi connectivity index (χ4v) is 0.669. The summed E-state index contributed by atoms with van der Waals surface area (Å²) in [5.74, 6) is -0.110. The zero-order chi connectivity index (χ0) is 8.48. The average molecular weight is 200 g/mol. The van der Waals surface area contributed by atoms with E-state index < -0.39 is 12.4 Å². The van der Waals surface area contributed by atoms with Crippen molar-refractivity contribution in [2.75, 3.05) is 5.73 Å². The first kappa shape index (κ1) is 12.4. The molecule has 1 aromatic heterocycles. The molecule has 0 saturated carbocycles. The molecule has 1 aromatic rings. The van der Waals surface area contributed by atoms with E-state index in [1.54, 1.807) is 0 Å². The van der Waals surface area contributed by atoms with Crippen LogP contribution in [0.25, 0.3) is 0 Å². The topological polar surface area (TPSA) is 38.9 Å². The van der Waals surface area contributed by atoms with Gasteiger partial charge < -0.3 is 18.7 Å². The number of nitrogens with zero attached hydrogens (tertiary/aromatic N) is 1. The van der Waals surface area contributed by atoms with Crippen LogP contribution in [0.5, 0.6) is 0 Å². The summed E-state index contributed by atoms with van der Waals surface area (Å²) in [5, 5.41) is 0. The molecule has 60 valence electrons.